The number of benzene rings is 2. The van der Waals surface area contributed by atoms with Gasteiger partial charge in [0.15, 0.2) is 0 Å². The zero-order valence-electron chi connectivity index (χ0n) is 18.7. The molecule has 0 fully saturated rings. The minimum atomic E-state index is -3.95. The summed E-state index contributed by atoms with van der Waals surface area (Å²) in [6.07, 6.45) is 0.524. The second-order valence-electron chi connectivity index (χ2n) is 8.31. The van der Waals surface area contributed by atoms with Gasteiger partial charge in [0.1, 0.15) is 16.7 Å². The van der Waals surface area contributed by atoms with Gasteiger partial charge in [0, 0.05) is 25.6 Å². The third-order valence-electron chi connectivity index (χ3n) is 5.78. The van der Waals surface area contributed by atoms with E-state index < -0.39 is 32.2 Å². The smallest absolute Gasteiger partial charge is 0.247 e. The van der Waals surface area contributed by atoms with Crippen molar-refractivity contribution < 1.29 is 26.7 Å². The molecule has 8 nitrogen and oxygen atoms in total. The zero-order valence-corrected chi connectivity index (χ0v) is 20.3. The van der Waals surface area contributed by atoms with Crippen molar-refractivity contribution in [1.82, 2.24) is 8.61 Å². The summed E-state index contributed by atoms with van der Waals surface area (Å²) in [5.74, 6) is -0.170. The Morgan fingerprint density at radius 3 is 2.44 bits per heavy atom. The summed E-state index contributed by atoms with van der Waals surface area (Å²) in [5.41, 5.74) is 1.68. The van der Waals surface area contributed by atoms with E-state index in [0.29, 0.717) is 0 Å². The van der Waals surface area contributed by atoms with E-state index in [0.717, 1.165) is 17.4 Å². The standard InChI is InChI=1S/C22H30N2O6S2/c1-16-13-24(17(2)15-25)32(28,29)22-11-10-19(18-8-6-5-7-9-18)12-20(22)30-21(16)14-23(3)31(4,26)27/h5-12,16-17,21,25H,13-15H2,1-4H3/t16-,17-,21-/m0/s1. The average molecular weight is 483 g/mol. The molecule has 32 heavy (non-hydrogen) atoms. The Morgan fingerprint density at radius 1 is 1.19 bits per heavy atom. The first-order valence-electron chi connectivity index (χ1n) is 10.3. The molecule has 0 aromatic heterocycles. The fourth-order valence-electron chi connectivity index (χ4n) is 3.64. The first-order valence-corrected chi connectivity index (χ1v) is 13.6. The normalized spacial score (nSPS) is 22.4. The van der Waals surface area contributed by atoms with Gasteiger partial charge in [-0.3, -0.25) is 0 Å². The molecule has 1 aliphatic heterocycles. The zero-order chi connectivity index (χ0) is 23.7. The summed E-state index contributed by atoms with van der Waals surface area (Å²) < 4.78 is 59.7. The lowest BCUT2D eigenvalue weighted by Gasteiger charge is -2.37. The minimum Gasteiger partial charge on any atom is -0.487 e. The third kappa shape index (κ3) is 5.15. The Morgan fingerprint density at radius 2 is 1.84 bits per heavy atom. The van der Waals surface area contributed by atoms with Crippen LogP contribution >= 0.6 is 0 Å². The van der Waals surface area contributed by atoms with Crippen molar-refractivity contribution >= 4 is 20.0 Å². The molecule has 0 aliphatic carbocycles. The van der Waals surface area contributed by atoms with Crippen LogP contribution in [0.25, 0.3) is 11.1 Å². The molecule has 3 rings (SSSR count). The van der Waals surface area contributed by atoms with Crippen molar-refractivity contribution in [3.63, 3.8) is 0 Å². The second-order valence-corrected chi connectivity index (χ2v) is 12.3. The number of ether oxygens (including phenoxy) is 1. The quantitative estimate of drug-likeness (QED) is 0.676. The van der Waals surface area contributed by atoms with Crippen LogP contribution in [0.5, 0.6) is 5.75 Å². The predicted octanol–water partition coefficient (Wildman–Crippen LogP) is 2.01. The highest BCUT2D eigenvalue weighted by Crippen LogP contribution is 2.36. The van der Waals surface area contributed by atoms with E-state index in [2.05, 4.69) is 0 Å². The van der Waals surface area contributed by atoms with E-state index >= 15 is 0 Å². The fraction of sp³-hybridized carbons (Fsp3) is 0.455. The lowest BCUT2D eigenvalue weighted by molar-refractivity contribution is 0.0906. The van der Waals surface area contributed by atoms with Gasteiger partial charge in [-0.1, -0.05) is 43.3 Å². The molecule has 1 heterocycles. The molecule has 10 heteroatoms. The molecule has 0 bridgehead atoms. The van der Waals surface area contributed by atoms with Crippen LogP contribution in [0.15, 0.2) is 53.4 Å². The van der Waals surface area contributed by atoms with Crippen molar-refractivity contribution in [3.8, 4) is 16.9 Å². The first-order chi connectivity index (χ1) is 14.9. The van der Waals surface area contributed by atoms with Gasteiger partial charge in [-0.2, -0.15) is 4.31 Å². The van der Waals surface area contributed by atoms with Gasteiger partial charge in [0.2, 0.25) is 20.0 Å². The molecule has 1 N–H and O–H groups in total. The number of nitrogens with zero attached hydrogens (tertiary/aromatic N) is 2. The number of likely N-dealkylation sites (N-methyl/N-ethyl adjacent to an activating group) is 1. The van der Waals surface area contributed by atoms with Crippen LogP contribution in [0.4, 0.5) is 0 Å². The van der Waals surface area contributed by atoms with E-state index in [1.165, 1.54) is 21.7 Å². The Bertz CT molecular complexity index is 1150. The Labute approximate surface area is 190 Å². The van der Waals surface area contributed by atoms with E-state index in [1.807, 2.05) is 37.3 Å². The molecule has 0 saturated carbocycles. The van der Waals surface area contributed by atoms with Crippen LogP contribution in [0.2, 0.25) is 0 Å². The van der Waals surface area contributed by atoms with Crippen molar-refractivity contribution in [2.24, 2.45) is 5.92 Å². The molecule has 0 spiro atoms. The Kier molecular flexibility index (Phi) is 7.31. The number of hydrogen-bond donors (Lipinski definition) is 1. The van der Waals surface area contributed by atoms with E-state index in [-0.39, 0.29) is 36.3 Å². The predicted molar refractivity (Wildman–Crippen MR) is 123 cm³/mol. The van der Waals surface area contributed by atoms with Crippen molar-refractivity contribution in [3.05, 3.63) is 48.5 Å². The van der Waals surface area contributed by atoms with Crippen molar-refractivity contribution in [2.75, 3.05) is 33.0 Å². The number of rotatable bonds is 6. The molecule has 0 amide bonds. The SMILES string of the molecule is C[C@H]1CN([C@@H](C)CO)S(=O)(=O)c2ccc(-c3ccccc3)cc2O[C@H]1CN(C)S(C)(=O)=O. The van der Waals surface area contributed by atoms with Crippen LogP contribution in [-0.4, -0.2) is 75.7 Å². The lowest BCUT2D eigenvalue weighted by Crippen LogP contribution is -2.50. The molecule has 1 aliphatic rings. The second kappa shape index (κ2) is 9.48. The number of aliphatic hydroxyl groups is 1. The molecule has 0 unspecified atom stereocenters. The van der Waals surface area contributed by atoms with Crippen molar-refractivity contribution in [1.29, 1.82) is 0 Å². The maximum absolute atomic E-state index is 13.5. The number of fused-ring (bicyclic) bond motifs is 1. The Hall–Kier alpha value is -1.98. The van der Waals surface area contributed by atoms with Crippen LogP contribution in [0.3, 0.4) is 0 Å². The molecule has 2 aromatic rings. The van der Waals surface area contributed by atoms with Gasteiger partial charge < -0.3 is 9.84 Å². The summed E-state index contributed by atoms with van der Waals surface area (Å²) in [5, 5.41) is 9.70. The fourth-order valence-corrected chi connectivity index (χ4v) is 5.89. The Balaban J connectivity index is 2.14. The molecule has 3 atom stereocenters. The van der Waals surface area contributed by atoms with Gasteiger partial charge in [-0.05, 0) is 30.2 Å². The van der Waals surface area contributed by atoms with Gasteiger partial charge in [-0.15, -0.1) is 0 Å². The van der Waals surface area contributed by atoms with Crippen LogP contribution in [-0.2, 0) is 20.0 Å². The summed E-state index contributed by atoms with van der Waals surface area (Å²) in [4.78, 5) is -0.00334. The number of hydrogen-bond acceptors (Lipinski definition) is 6. The summed E-state index contributed by atoms with van der Waals surface area (Å²) in [6, 6.07) is 13.8. The average Bonchev–Trinajstić information content (AvgIpc) is 2.75. The monoisotopic (exact) mass is 482 g/mol. The highest BCUT2D eigenvalue weighted by Gasteiger charge is 2.38. The maximum Gasteiger partial charge on any atom is 0.247 e. The first kappa shape index (κ1) is 24.7. The lowest BCUT2D eigenvalue weighted by atomic mass is 10.0. The minimum absolute atomic E-state index is 0.00334. The van der Waals surface area contributed by atoms with E-state index in [4.69, 9.17) is 4.74 Å². The van der Waals surface area contributed by atoms with Gasteiger partial charge in [-0.25, -0.2) is 21.1 Å². The maximum atomic E-state index is 13.5. The van der Waals surface area contributed by atoms with E-state index in [1.54, 1.807) is 19.1 Å². The van der Waals surface area contributed by atoms with Crippen LogP contribution in [0.1, 0.15) is 13.8 Å². The van der Waals surface area contributed by atoms with Crippen molar-refractivity contribution in [2.45, 2.75) is 30.9 Å². The number of aliphatic hydroxyl groups excluding tert-OH is 1. The summed E-state index contributed by atoms with van der Waals surface area (Å²) in [6.45, 7) is 3.28. The largest absolute Gasteiger partial charge is 0.487 e. The molecular weight excluding hydrogens is 452 g/mol. The van der Waals surface area contributed by atoms with Gasteiger partial charge in [0.25, 0.3) is 0 Å². The molecule has 2 aromatic carbocycles. The van der Waals surface area contributed by atoms with E-state index in [9.17, 15) is 21.9 Å². The molecule has 0 saturated heterocycles. The van der Waals surface area contributed by atoms with Gasteiger partial charge >= 0.3 is 0 Å². The topological polar surface area (TPSA) is 104 Å². The third-order valence-corrected chi connectivity index (χ3v) is 9.08. The summed E-state index contributed by atoms with van der Waals surface area (Å²) >= 11 is 0. The highest BCUT2D eigenvalue weighted by molar-refractivity contribution is 7.89. The van der Waals surface area contributed by atoms with Crippen LogP contribution < -0.4 is 4.74 Å². The molecule has 0 radical (unpaired) electrons. The van der Waals surface area contributed by atoms with Gasteiger partial charge in [0.05, 0.1) is 19.4 Å². The number of sulfonamides is 2. The molecule has 176 valence electrons. The van der Waals surface area contributed by atoms with Crippen LogP contribution in [0, 0.1) is 5.92 Å². The molecular formula is C22H30N2O6S2. The summed E-state index contributed by atoms with van der Waals surface area (Å²) in [7, 11) is -5.93. The highest BCUT2D eigenvalue weighted by atomic mass is 32.2.